The molecule has 5 heteroatoms. The number of morpholine rings is 1. The summed E-state index contributed by atoms with van der Waals surface area (Å²) in [5.74, 6) is 0. The third-order valence-electron chi connectivity index (χ3n) is 2.91. The van der Waals surface area contributed by atoms with Crippen LogP contribution in [0.25, 0.3) is 0 Å². The van der Waals surface area contributed by atoms with Crippen LogP contribution in [0.15, 0.2) is 18.2 Å². The molecule has 0 radical (unpaired) electrons. The fraction of sp³-hybridized carbons (Fsp3) is 0.500. The molecule has 0 saturated carbocycles. The van der Waals surface area contributed by atoms with Crippen LogP contribution in [0.1, 0.15) is 5.56 Å². The van der Waals surface area contributed by atoms with E-state index in [9.17, 15) is 0 Å². The number of rotatable bonds is 3. The quantitative estimate of drug-likeness (QED) is 0.918. The van der Waals surface area contributed by atoms with Crippen LogP contribution in [-0.2, 0) is 11.3 Å². The van der Waals surface area contributed by atoms with Crippen molar-refractivity contribution in [2.75, 3.05) is 26.2 Å². The standard InChI is InChI=1S/C12H16Cl2N2O/c13-11-3-1-2-9(12(11)14)7-16-4-5-17-10(6-15)8-16/h1-3,10H,4-8,15H2. The molecule has 1 fully saturated rings. The first kappa shape index (κ1) is 13.1. The first-order valence-electron chi connectivity index (χ1n) is 5.67. The van der Waals surface area contributed by atoms with Crippen molar-refractivity contribution < 1.29 is 4.74 Å². The van der Waals surface area contributed by atoms with E-state index in [1.165, 1.54) is 0 Å². The molecule has 1 heterocycles. The van der Waals surface area contributed by atoms with Crippen LogP contribution in [0.4, 0.5) is 0 Å². The van der Waals surface area contributed by atoms with Crippen molar-refractivity contribution >= 4 is 23.2 Å². The smallest absolute Gasteiger partial charge is 0.0824 e. The van der Waals surface area contributed by atoms with Gasteiger partial charge in [-0.15, -0.1) is 0 Å². The molecule has 1 unspecified atom stereocenters. The molecule has 2 N–H and O–H groups in total. The number of nitrogens with two attached hydrogens (primary N) is 1. The Balaban J connectivity index is 2.02. The third-order valence-corrected chi connectivity index (χ3v) is 3.77. The summed E-state index contributed by atoms with van der Waals surface area (Å²) in [7, 11) is 0. The minimum absolute atomic E-state index is 0.127. The summed E-state index contributed by atoms with van der Waals surface area (Å²) in [6.45, 7) is 3.82. The minimum atomic E-state index is 0.127. The van der Waals surface area contributed by atoms with E-state index in [0.29, 0.717) is 16.6 Å². The van der Waals surface area contributed by atoms with E-state index in [-0.39, 0.29) is 6.10 Å². The molecular weight excluding hydrogens is 259 g/mol. The van der Waals surface area contributed by atoms with E-state index in [0.717, 1.165) is 31.8 Å². The summed E-state index contributed by atoms with van der Waals surface area (Å²) in [6, 6.07) is 5.72. The Morgan fingerprint density at radius 2 is 2.24 bits per heavy atom. The fourth-order valence-electron chi connectivity index (χ4n) is 1.98. The summed E-state index contributed by atoms with van der Waals surface area (Å²) in [4.78, 5) is 2.29. The average Bonchev–Trinajstić information content (AvgIpc) is 2.35. The van der Waals surface area contributed by atoms with Gasteiger partial charge in [-0.1, -0.05) is 35.3 Å². The van der Waals surface area contributed by atoms with Crippen LogP contribution in [0, 0.1) is 0 Å². The lowest BCUT2D eigenvalue weighted by molar-refractivity contribution is -0.0260. The number of hydrogen-bond donors (Lipinski definition) is 1. The van der Waals surface area contributed by atoms with Gasteiger partial charge in [0.2, 0.25) is 0 Å². The van der Waals surface area contributed by atoms with Crippen LogP contribution >= 0.6 is 23.2 Å². The van der Waals surface area contributed by atoms with Crippen LogP contribution in [0.5, 0.6) is 0 Å². The number of hydrogen-bond acceptors (Lipinski definition) is 3. The second kappa shape index (κ2) is 6.03. The Bertz CT molecular complexity index is 387. The van der Waals surface area contributed by atoms with Gasteiger partial charge in [0.25, 0.3) is 0 Å². The zero-order valence-corrected chi connectivity index (χ0v) is 11.0. The van der Waals surface area contributed by atoms with Crippen LogP contribution < -0.4 is 5.73 Å². The molecule has 0 amide bonds. The molecule has 1 aliphatic heterocycles. The van der Waals surface area contributed by atoms with E-state index in [1.54, 1.807) is 6.07 Å². The molecule has 17 heavy (non-hydrogen) atoms. The summed E-state index contributed by atoms with van der Waals surface area (Å²) < 4.78 is 5.52. The van der Waals surface area contributed by atoms with Crippen molar-refractivity contribution in [2.45, 2.75) is 12.6 Å². The number of nitrogens with zero attached hydrogens (tertiary/aromatic N) is 1. The Kier molecular flexibility index (Phi) is 4.65. The second-order valence-corrected chi connectivity index (χ2v) is 4.96. The van der Waals surface area contributed by atoms with E-state index >= 15 is 0 Å². The lowest BCUT2D eigenvalue weighted by atomic mass is 10.2. The summed E-state index contributed by atoms with van der Waals surface area (Å²) in [5, 5.41) is 1.25. The zero-order chi connectivity index (χ0) is 12.3. The van der Waals surface area contributed by atoms with Crippen molar-refractivity contribution in [3.8, 4) is 0 Å². The van der Waals surface area contributed by atoms with E-state index in [4.69, 9.17) is 33.7 Å². The molecule has 0 aliphatic carbocycles. The van der Waals surface area contributed by atoms with Gasteiger partial charge in [0.05, 0.1) is 22.8 Å². The highest BCUT2D eigenvalue weighted by atomic mass is 35.5. The van der Waals surface area contributed by atoms with Gasteiger partial charge in [0.15, 0.2) is 0 Å². The second-order valence-electron chi connectivity index (χ2n) is 4.18. The van der Waals surface area contributed by atoms with Gasteiger partial charge < -0.3 is 10.5 Å². The van der Waals surface area contributed by atoms with E-state index in [1.807, 2.05) is 12.1 Å². The van der Waals surface area contributed by atoms with Crippen molar-refractivity contribution in [1.82, 2.24) is 4.90 Å². The molecule has 1 saturated heterocycles. The normalized spacial score (nSPS) is 21.7. The van der Waals surface area contributed by atoms with E-state index in [2.05, 4.69) is 4.90 Å². The summed E-state index contributed by atoms with van der Waals surface area (Å²) in [6.07, 6.45) is 0.127. The molecule has 0 spiro atoms. The molecular formula is C12H16Cl2N2O. The molecule has 1 aromatic rings. The Morgan fingerprint density at radius 1 is 1.41 bits per heavy atom. The Hall–Kier alpha value is -0.320. The molecule has 2 rings (SSSR count). The first-order valence-corrected chi connectivity index (χ1v) is 6.43. The highest BCUT2D eigenvalue weighted by Gasteiger charge is 2.20. The van der Waals surface area contributed by atoms with Crippen molar-refractivity contribution in [3.63, 3.8) is 0 Å². The summed E-state index contributed by atoms with van der Waals surface area (Å²) in [5.41, 5.74) is 6.67. The van der Waals surface area contributed by atoms with Gasteiger partial charge in [0.1, 0.15) is 0 Å². The predicted molar refractivity (Wildman–Crippen MR) is 70.5 cm³/mol. The number of halogens is 2. The predicted octanol–water partition coefficient (Wildman–Crippen LogP) is 2.15. The van der Waals surface area contributed by atoms with Gasteiger partial charge in [-0.2, -0.15) is 0 Å². The maximum absolute atomic E-state index is 6.17. The van der Waals surface area contributed by atoms with Gasteiger partial charge in [-0.05, 0) is 11.6 Å². The lowest BCUT2D eigenvalue weighted by Gasteiger charge is -2.32. The number of ether oxygens (including phenoxy) is 1. The van der Waals surface area contributed by atoms with Crippen LogP contribution in [-0.4, -0.2) is 37.2 Å². The SMILES string of the molecule is NCC1CN(Cc2cccc(Cl)c2Cl)CCO1. The van der Waals surface area contributed by atoms with Crippen molar-refractivity contribution in [2.24, 2.45) is 5.73 Å². The zero-order valence-electron chi connectivity index (χ0n) is 9.53. The van der Waals surface area contributed by atoms with Gasteiger partial charge in [-0.25, -0.2) is 0 Å². The first-order chi connectivity index (χ1) is 8.20. The highest BCUT2D eigenvalue weighted by Crippen LogP contribution is 2.26. The maximum Gasteiger partial charge on any atom is 0.0824 e. The fourth-order valence-corrected chi connectivity index (χ4v) is 2.36. The highest BCUT2D eigenvalue weighted by molar-refractivity contribution is 6.42. The minimum Gasteiger partial charge on any atom is -0.374 e. The van der Waals surface area contributed by atoms with Gasteiger partial charge in [-0.3, -0.25) is 4.90 Å². The largest absolute Gasteiger partial charge is 0.374 e. The molecule has 1 aliphatic rings. The number of benzene rings is 1. The van der Waals surface area contributed by atoms with E-state index < -0.39 is 0 Å². The maximum atomic E-state index is 6.17. The van der Waals surface area contributed by atoms with Gasteiger partial charge in [0, 0.05) is 26.2 Å². The Morgan fingerprint density at radius 3 is 3.00 bits per heavy atom. The monoisotopic (exact) mass is 274 g/mol. The van der Waals surface area contributed by atoms with Crippen LogP contribution in [0.3, 0.4) is 0 Å². The third kappa shape index (κ3) is 3.33. The molecule has 1 aromatic carbocycles. The summed E-state index contributed by atoms with van der Waals surface area (Å²) >= 11 is 12.2. The molecule has 3 nitrogen and oxygen atoms in total. The van der Waals surface area contributed by atoms with Crippen molar-refractivity contribution in [3.05, 3.63) is 33.8 Å². The Labute approximate surface area is 111 Å². The molecule has 94 valence electrons. The molecule has 0 bridgehead atoms. The van der Waals surface area contributed by atoms with Gasteiger partial charge >= 0.3 is 0 Å². The topological polar surface area (TPSA) is 38.5 Å². The van der Waals surface area contributed by atoms with Crippen molar-refractivity contribution in [1.29, 1.82) is 0 Å². The molecule has 1 atom stereocenters. The lowest BCUT2D eigenvalue weighted by Crippen LogP contribution is -2.45. The van der Waals surface area contributed by atoms with Crippen LogP contribution in [0.2, 0.25) is 10.0 Å². The molecule has 0 aromatic heterocycles. The average molecular weight is 275 g/mol.